The SMILES string of the molecule is C=C/C=c1/oc2cccc(C(=C)N=C(N=C)c3ccccc3)c2/c1=C/N1c2ccccc2C(C)(C)c2cc(-c3ccccc3)ccc21. The number of para-hydroxylation sites is 1. The Balaban J connectivity index is 1.48. The Morgan fingerprint density at radius 1 is 0.766 bits per heavy atom. The standard InChI is InChI=1S/C43H35N3O/c1-6-16-39-34(41-33(21-15-24-40(41)47-39)29(2)45-42(44-5)31-19-11-8-12-20-31)28-46-37-23-14-13-22-35(37)43(3,4)36-27-32(25-26-38(36)46)30-17-9-7-10-18-30/h6-28H,1-2,5H2,3-4H3/b34-28+,39-16+,45-42?. The van der Waals surface area contributed by atoms with Crippen molar-refractivity contribution in [2.24, 2.45) is 9.98 Å². The van der Waals surface area contributed by atoms with Crippen LogP contribution in [0, 0.1) is 0 Å². The molecule has 0 amide bonds. The average molecular weight is 610 g/mol. The molecule has 0 saturated heterocycles. The van der Waals surface area contributed by atoms with E-state index in [2.05, 4.69) is 123 Å². The molecule has 0 aliphatic carbocycles. The molecule has 0 N–H and O–H groups in total. The lowest BCUT2D eigenvalue weighted by molar-refractivity contribution is 0.575. The maximum atomic E-state index is 6.47. The highest BCUT2D eigenvalue weighted by molar-refractivity contribution is 6.05. The van der Waals surface area contributed by atoms with Crippen LogP contribution in [0.1, 0.15) is 36.1 Å². The van der Waals surface area contributed by atoms with E-state index in [0.717, 1.165) is 38.7 Å². The molecule has 4 heteroatoms. The molecule has 0 unspecified atom stereocenters. The maximum absolute atomic E-state index is 6.47. The number of allylic oxidation sites excluding steroid dienone is 1. The highest BCUT2D eigenvalue weighted by Gasteiger charge is 2.36. The van der Waals surface area contributed by atoms with Gasteiger partial charge in [0.15, 0.2) is 5.84 Å². The van der Waals surface area contributed by atoms with E-state index in [1.807, 2.05) is 54.6 Å². The molecule has 6 aromatic rings. The van der Waals surface area contributed by atoms with Gasteiger partial charge in [-0.3, -0.25) is 0 Å². The Morgan fingerprint density at radius 3 is 2.21 bits per heavy atom. The highest BCUT2D eigenvalue weighted by Crippen LogP contribution is 2.50. The maximum Gasteiger partial charge on any atom is 0.159 e. The summed E-state index contributed by atoms with van der Waals surface area (Å²) >= 11 is 0. The second-order valence-electron chi connectivity index (χ2n) is 12.1. The summed E-state index contributed by atoms with van der Waals surface area (Å²) < 4.78 is 6.47. The van der Waals surface area contributed by atoms with E-state index >= 15 is 0 Å². The molecule has 0 radical (unpaired) electrons. The number of furan rings is 1. The summed E-state index contributed by atoms with van der Waals surface area (Å²) in [6.07, 6.45) is 5.84. The number of nitrogens with zero attached hydrogens (tertiary/aromatic N) is 3. The number of aliphatic imine (C=N–C) groups is 2. The van der Waals surface area contributed by atoms with E-state index in [-0.39, 0.29) is 5.41 Å². The van der Waals surface area contributed by atoms with Crippen molar-refractivity contribution in [1.29, 1.82) is 0 Å². The van der Waals surface area contributed by atoms with Gasteiger partial charge in [-0.15, -0.1) is 0 Å². The molecule has 1 aliphatic heterocycles. The summed E-state index contributed by atoms with van der Waals surface area (Å²) in [6.45, 7) is 16.8. The molecule has 1 aromatic heterocycles. The van der Waals surface area contributed by atoms with Crippen molar-refractivity contribution in [3.8, 4) is 11.1 Å². The van der Waals surface area contributed by atoms with Gasteiger partial charge >= 0.3 is 0 Å². The van der Waals surface area contributed by atoms with Crippen molar-refractivity contribution in [1.82, 2.24) is 0 Å². The summed E-state index contributed by atoms with van der Waals surface area (Å²) in [4.78, 5) is 11.4. The van der Waals surface area contributed by atoms with Crippen molar-refractivity contribution >= 4 is 52.9 Å². The minimum Gasteiger partial charge on any atom is -0.456 e. The van der Waals surface area contributed by atoms with E-state index < -0.39 is 0 Å². The largest absolute Gasteiger partial charge is 0.456 e. The molecule has 47 heavy (non-hydrogen) atoms. The van der Waals surface area contributed by atoms with E-state index in [1.165, 1.54) is 22.3 Å². The summed E-state index contributed by atoms with van der Waals surface area (Å²) in [7, 11) is 0. The Labute approximate surface area is 275 Å². The minimum atomic E-state index is -0.227. The van der Waals surface area contributed by atoms with Gasteiger partial charge in [0.2, 0.25) is 0 Å². The molecule has 0 spiro atoms. The smallest absolute Gasteiger partial charge is 0.159 e. The Morgan fingerprint density at radius 2 is 1.47 bits per heavy atom. The third-order valence-electron chi connectivity index (χ3n) is 8.92. The van der Waals surface area contributed by atoms with E-state index in [9.17, 15) is 0 Å². The quantitative estimate of drug-likeness (QED) is 0.139. The molecule has 1 aliphatic rings. The van der Waals surface area contributed by atoms with E-state index in [4.69, 9.17) is 9.41 Å². The van der Waals surface area contributed by atoms with Gasteiger partial charge in [0.25, 0.3) is 0 Å². The fourth-order valence-electron chi connectivity index (χ4n) is 6.57. The molecule has 0 atom stereocenters. The average Bonchev–Trinajstić information content (AvgIpc) is 3.46. The summed E-state index contributed by atoms with van der Waals surface area (Å²) in [5.74, 6) is 0.509. The van der Waals surface area contributed by atoms with Crippen LogP contribution in [0.3, 0.4) is 0 Å². The number of benzene rings is 5. The molecular formula is C43H35N3O. The second kappa shape index (κ2) is 12.1. The topological polar surface area (TPSA) is 41.1 Å². The Bertz CT molecular complexity index is 2330. The van der Waals surface area contributed by atoms with Gasteiger partial charge in [-0.05, 0) is 59.3 Å². The van der Waals surface area contributed by atoms with Gasteiger partial charge in [0.1, 0.15) is 11.0 Å². The van der Waals surface area contributed by atoms with Crippen LogP contribution >= 0.6 is 0 Å². The van der Waals surface area contributed by atoms with Crippen LogP contribution in [0.5, 0.6) is 0 Å². The molecular weight excluding hydrogens is 574 g/mol. The second-order valence-corrected chi connectivity index (χ2v) is 12.1. The lowest BCUT2D eigenvalue weighted by atomic mass is 9.73. The van der Waals surface area contributed by atoms with Crippen LogP contribution < -0.4 is 15.5 Å². The lowest BCUT2D eigenvalue weighted by Crippen LogP contribution is -2.33. The predicted molar refractivity (Wildman–Crippen MR) is 199 cm³/mol. The zero-order chi connectivity index (χ0) is 32.5. The number of anilines is 2. The van der Waals surface area contributed by atoms with Crippen molar-refractivity contribution < 1.29 is 4.42 Å². The number of rotatable bonds is 6. The van der Waals surface area contributed by atoms with Gasteiger partial charge in [-0.25, -0.2) is 9.98 Å². The van der Waals surface area contributed by atoms with Gasteiger partial charge < -0.3 is 9.32 Å². The molecule has 2 heterocycles. The number of hydrogen-bond donors (Lipinski definition) is 0. The van der Waals surface area contributed by atoms with Crippen LogP contribution in [0.2, 0.25) is 0 Å². The van der Waals surface area contributed by atoms with Crippen molar-refractivity contribution in [2.45, 2.75) is 19.3 Å². The van der Waals surface area contributed by atoms with E-state index in [1.54, 1.807) is 6.08 Å². The molecule has 0 saturated carbocycles. The first-order valence-corrected chi connectivity index (χ1v) is 15.7. The van der Waals surface area contributed by atoms with Gasteiger partial charge in [0, 0.05) is 44.7 Å². The molecule has 228 valence electrons. The third kappa shape index (κ3) is 5.24. The number of hydrogen-bond acceptors (Lipinski definition) is 3. The van der Waals surface area contributed by atoms with Gasteiger partial charge in [-0.2, -0.15) is 0 Å². The molecule has 4 nitrogen and oxygen atoms in total. The lowest BCUT2D eigenvalue weighted by Gasteiger charge is -2.41. The first kappa shape index (κ1) is 29.7. The van der Waals surface area contributed by atoms with E-state index in [0.29, 0.717) is 16.9 Å². The zero-order valence-electron chi connectivity index (χ0n) is 26.7. The Kier molecular flexibility index (Phi) is 7.63. The fourth-order valence-corrected chi connectivity index (χ4v) is 6.57. The summed E-state index contributed by atoms with van der Waals surface area (Å²) in [5, 5.41) is 1.82. The third-order valence-corrected chi connectivity index (χ3v) is 8.92. The summed E-state index contributed by atoms with van der Waals surface area (Å²) in [5.41, 5.74) is 10.6. The molecule has 7 rings (SSSR count). The van der Waals surface area contributed by atoms with Crippen molar-refractivity contribution in [3.63, 3.8) is 0 Å². The van der Waals surface area contributed by atoms with Crippen LogP contribution in [0.15, 0.2) is 155 Å². The summed E-state index contributed by atoms with van der Waals surface area (Å²) in [6, 6.07) is 41.7. The van der Waals surface area contributed by atoms with Crippen LogP contribution in [-0.4, -0.2) is 12.6 Å². The Hall–Kier alpha value is -6.00. The molecule has 0 fully saturated rings. The number of amidine groups is 1. The van der Waals surface area contributed by atoms with Crippen LogP contribution in [-0.2, 0) is 5.41 Å². The van der Waals surface area contributed by atoms with Gasteiger partial charge in [-0.1, -0.05) is 130 Å². The normalized spacial score (nSPS) is 14.5. The fraction of sp³-hybridized carbons (Fsp3) is 0.0698. The first-order valence-electron chi connectivity index (χ1n) is 15.7. The first-order chi connectivity index (χ1) is 22.9. The molecule has 0 bridgehead atoms. The molecule has 5 aromatic carbocycles. The van der Waals surface area contributed by atoms with Crippen LogP contribution in [0.25, 0.3) is 40.1 Å². The van der Waals surface area contributed by atoms with Gasteiger partial charge in [0.05, 0.1) is 5.70 Å². The monoisotopic (exact) mass is 609 g/mol. The number of fused-ring (bicyclic) bond motifs is 3. The van der Waals surface area contributed by atoms with Crippen molar-refractivity contribution in [2.75, 3.05) is 4.90 Å². The minimum absolute atomic E-state index is 0.227. The van der Waals surface area contributed by atoms with Crippen LogP contribution in [0.4, 0.5) is 11.4 Å². The predicted octanol–water partition coefficient (Wildman–Crippen LogP) is 9.40. The van der Waals surface area contributed by atoms with Crippen molar-refractivity contribution in [3.05, 3.63) is 173 Å². The zero-order valence-corrected chi connectivity index (χ0v) is 26.7. The highest BCUT2D eigenvalue weighted by atomic mass is 16.3.